The second-order valence-corrected chi connectivity index (χ2v) is 5.11. The van der Waals surface area contributed by atoms with E-state index in [-0.39, 0.29) is 17.6 Å². The number of Topliss-reactive ketones (excluding diaryl/α,β-unsaturated/α-hetero) is 1. The zero-order valence-corrected chi connectivity index (χ0v) is 10.9. The number of hydrogen-bond acceptors (Lipinski definition) is 2. The lowest BCUT2D eigenvalue weighted by molar-refractivity contribution is -0.120. The van der Waals surface area contributed by atoms with E-state index in [1.807, 2.05) is 12.1 Å². The third-order valence-corrected chi connectivity index (χ3v) is 3.76. The third-order valence-electron chi connectivity index (χ3n) is 3.76. The van der Waals surface area contributed by atoms with Crippen LogP contribution in [0, 0.1) is 11.8 Å². The van der Waals surface area contributed by atoms with Crippen LogP contribution in [0.1, 0.15) is 43.5 Å². The first kappa shape index (κ1) is 12.8. The molecule has 2 rings (SSSR count). The van der Waals surface area contributed by atoms with Gasteiger partial charge in [0.2, 0.25) is 5.91 Å². The molecule has 0 aromatic heterocycles. The minimum absolute atomic E-state index is 0.0228. The van der Waals surface area contributed by atoms with Crippen LogP contribution < -0.4 is 5.32 Å². The van der Waals surface area contributed by atoms with E-state index < -0.39 is 0 Å². The number of para-hydroxylation sites is 1. The molecule has 1 N–H and O–H groups in total. The molecule has 2 unspecified atom stereocenters. The van der Waals surface area contributed by atoms with Crippen LogP contribution in [0.3, 0.4) is 0 Å². The molecule has 1 aliphatic carbocycles. The van der Waals surface area contributed by atoms with Crippen LogP contribution in [0.2, 0.25) is 0 Å². The minimum Gasteiger partial charge on any atom is -0.325 e. The lowest BCUT2D eigenvalue weighted by Crippen LogP contribution is -2.25. The molecule has 0 saturated heterocycles. The standard InChI is InChI=1S/C15H19NO2/c1-10-6-5-8-12(10)15(18)16-14-9-4-3-7-13(14)11(2)17/h3-4,7,9-10,12H,5-6,8H2,1-2H3,(H,16,18). The second kappa shape index (κ2) is 5.34. The fourth-order valence-electron chi connectivity index (χ4n) is 2.66. The number of rotatable bonds is 3. The number of ketones is 1. The van der Waals surface area contributed by atoms with Crippen LogP contribution in [-0.2, 0) is 4.79 Å². The van der Waals surface area contributed by atoms with Crippen molar-refractivity contribution in [1.82, 2.24) is 0 Å². The van der Waals surface area contributed by atoms with E-state index in [9.17, 15) is 9.59 Å². The Labute approximate surface area is 108 Å². The number of carbonyl (C=O) groups is 2. The maximum atomic E-state index is 12.2. The average molecular weight is 245 g/mol. The lowest BCUT2D eigenvalue weighted by atomic mass is 9.97. The van der Waals surface area contributed by atoms with E-state index in [0.29, 0.717) is 17.2 Å². The summed E-state index contributed by atoms with van der Waals surface area (Å²) in [6.07, 6.45) is 3.19. The van der Waals surface area contributed by atoms with Crippen LogP contribution in [-0.4, -0.2) is 11.7 Å². The largest absolute Gasteiger partial charge is 0.325 e. The Balaban J connectivity index is 2.14. The van der Waals surface area contributed by atoms with Crippen molar-refractivity contribution in [3.05, 3.63) is 29.8 Å². The lowest BCUT2D eigenvalue weighted by Gasteiger charge is -2.16. The molecule has 1 aromatic rings. The highest BCUT2D eigenvalue weighted by Gasteiger charge is 2.29. The maximum absolute atomic E-state index is 12.2. The van der Waals surface area contributed by atoms with E-state index in [1.165, 1.54) is 6.92 Å². The number of amides is 1. The van der Waals surface area contributed by atoms with E-state index in [2.05, 4.69) is 12.2 Å². The summed E-state index contributed by atoms with van der Waals surface area (Å²) in [5.41, 5.74) is 1.21. The molecule has 18 heavy (non-hydrogen) atoms. The van der Waals surface area contributed by atoms with Gasteiger partial charge in [0.25, 0.3) is 0 Å². The summed E-state index contributed by atoms with van der Waals surface area (Å²) in [6, 6.07) is 7.18. The highest BCUT2D eigenvalue weighted by atomic mass is 16.2. The summed E-state index contributed by atoms with van der Waals surface area (Å²) in [5, 5.41) is 2.90. The van der Waals surface area contributed by atoms with Crippen LogP contribution in [0.15, 0.2) is 24.3 Å². The van der Waals surface area contributed by atoms with Crippen molar-refractivity contribution in [2.75, 3.05) is 5.32 Å². The van der Waals surface area contributed by atoms with Gasteiger partial charge < -0.3 is 5.32 Å². The predicted molar refractivity (Wildman–Crippen MR) is 71.6 cm³/mol. The highest BCUT2D eigenvalue weighted by Crippen LogP contribution is 2.32. The van der Waals surface area contributed by atoms with Crippen molar-refractivity contribution in [2.24, 2.45) is 11.8 Å². The Morgan fingerprint density at radius 2 is 1.94 bits per heavy atom. The van der Waals surface area contributed by atoms with E-state index in [4.69, 9.17) is 0 Å². The Kier molecular flexibility index (Phi) is 3.80. The first-order chi connectivity index (χ1) is 8.59. The number of nitrogens with one attached hydrogen (secondary N) is 1. The Bertz CT molecular complexity index is 467. The molecule has 0 spiro atoms. The summed E-state index contributed by atoms with van der Waals surface area (Å²) in [5.74, 6) is 0.554. The molecule has 1 amide bonds. The molecule has 0 heterocycles. The average Bonchev–Trinajstić information content (AvgIpc) is 2.76. The van der Waals surface area contributed by atoms with Gasteiger partial charge in [-0.2, -0.15) is 0 Å². The van der Waals surface area contributed by atoms with Crippen molar-refractivity contribution < 1.29 is 9.59 Å². The summed E-state index contributed by atoms with van der Waals surface area (Å²) in [4.78, 5) is 23.7. The molecular weight excluding hydrogens is 226 g/mol. The fourth-order valence-corrected chi connectivity index (χ4v) is 2.66. The molecule has 0 radical (unpaired) electrons. The summed E-state index contributed by atoms with van der Waals surface area (Å²) < 4.78 is 0. The monoisotopic (exact) mass is 245 g/mol. The number of benzene rings is 1. The van der Waals surface area contributed by atoms with Crippen LogP contribution in [0.5, 0.6) is 0 Å². The Morgan fingerprint density at radius 1 is 1.22 bits per heavy atom. The minimum atomic E-state index is -0.0228. The van der Waals surface area contributed by atoms with Gasteiger partial charge in [0.05, 0.1) is 5.69 Å². The predicted octanol–water partition coefficient (Wildman–Crippen LogP) is 3.26. The molecule has 1 aromatic carbocycles. The number of anilines is 1. The Morgan fingerprint density at radius 3 is 2.56 bits per heavy atom. The zero-order valence-electron chi connectivity index (χ0n) is 10.9. The van der Waals surface area contributed by atoms with Gasteiger partial charge in [-0.05, 0) is 37.8 Å². The fraction of sp³-hybridized carbons (Fsp3) is 0.467. The first-order valence-electron chi connectivity index (χ1n) is 6.50. The van der Waals surface area contributed by atoms with Gasteiger partial charge in [0.1, 0.15) is 0 Å². The molecule has 1 saturated carbocycles. The SMILES string of the molecule is CC(=O)c1ccccc1NC(=O)C1CCCC1C. The van der Waals surface area contributed by atoms with Crippen LogP contribution in [0.4, 0.5) is 5.69 Å². The van der Waals surface area contributed by atoms with Gasteiger partial charge in [-0.15, -0.1) is 0 Å². The van der Waals surface area contributed by atoms with Crippen molar-refractivity contribution in [1.29, 1.82) is 0 Å². The van der Waals surface area contributed by atoms with E-state index >= 15 is 0 Å². The topological polar surface area (TPSA) is 46.2 Å². The summed E-state index contributed by atoms with van der Waals surface area (Å²) >= 11 is 0. The van der Waals surface area contributed by atoms with Gasteiger partial charge >= 0.3 is 0 Å². The smallest absolute Gasteiger partial charge is 0.227 e. The number of hydrogen-bond donors (Lipinski definition) is 1. The first-order valence-corrected chi connectivity index (χ1v) is 6.50. The zero-order chi connectivity index (χ0) is 13.1. The molecule has 3 nitrogen and oxygen atoms in total. The summed E-state index contributed by atoms with van der Waals surface area (Å²) in [6.45, 7) is 3.64. The molecule has 96 valence electrons. The van der Waals surface area contributed by atoms with Crippen molar-refractivity contribution >= 4 is 17.4 Å². The molecule has 1 aliphatic rings. The van der Waals surface area contributed by atoms with Crippen molar-refractivity contribution in [3.63, 3.8) is 0 Å². The van der Waals surface area contributed by atoms with Gasteiger partial charge in [0.15, 0.2) is 5.78 Å². The Hall–Kier alpha value is -1.64. The normalized spacial score (nSPS) is 22.8. The summed E-state index contributed by atoms with van der Waals surface area (Å²) in [7, 11) is 0. The van der Waals surface area contributed by atoms with Gasteiger partial charge in [0, 0.05) is 11.5 Å². The van der Waals surface area contributed by atoms with Crippen LogP contribution in [0.25, 0.3) is 0 Å². The van der Waals surface area contributed by atoms with Gasteiger partial charge in [-0.25, -0.2) is 0 Å². The second-order valence-electron chi connectivity index (χ2n) is 5.11. The maximum Gasteiger partial charge on any atom is 0.227 e. The van der Waals surface area contributed by atoms with Crippen molar-refractivity contribution in [3.8, 4) is 0 Å². The molecule has 1 fully saturated rings. The molecule has 0 bridgehead atoms. The van der Waals surface area contributed by atoms with Crippen LogP contribution >= 0.6 is 0 Å². The highest BCUT2D eigenvalue weighted by molar-refractivity contribution is 6.04. The molecular formula is C15H19NO2. The van der Waals surface area contributed by atoms with Gasteiger partial charge in [-0.1, -0.05) is 25.5 Å². The van der Waals surface area contributed by atoms with Crippen molar-refractivity contribution in [2.45, 2.75) is 33.1 Å². The number of carbonyl (C=O) groups excluding carboxylic acids is 2. The molecule has 3 heteroatoms. The molecule has 2 atom stereocenters. The molecule has 0 aliphatic heterocycles. The van der Waals surface area contributed by atoms with E-state index in [0.717, 1.165) is 19.3 Å². The quantitative estimate of drug-likeness (QED) is 0.831. The van der Waals surface area contributed by atoms with Gasteiger partial charge in [-0.3, -0.25) is 9.59 Å². The third kappa shape index (κ3) is 2.61. The van der Waals surface area contributed by atoms with E-state index in [1.54, 1.807) is 12.1 Å².